The second kappa shape index (κ2) is 14.2. The molecule has 10 heteroatoms. The van der Waals surface area contributed by atoms with Gasteiger partial charge >= 0.3 is 6.09 Å². The van der Waals surface area contributed by atoms with Crippen molar-refractivity contribution < 1.29 is 28.7 Å². The molecule has 29 heavy (non-hydrogen) atoms. The van der Waals surface area contributed by atoms with Gasteiger partial charge in [-0.1, -0.05) is 0 Å². The molecule has 0 unspecified atom stereocenters. The Hall–Kier alpha value is -1.88. The molecule has 1 rings (SSSR count). The highest BCUT2D eigenvalue weighted by molar-refractivity contribution is 7.99. The number of carbonyl (C=O) groups is 1. The molecule has 0 radical (unpaired) electrons. The van der Waals surface area contributed by atoms with Gasteiger partial charge in [0.1, 0.15) is 5.60 Å². The van der Waals surface area contributed by atoms with Crippen LogP contribution in [0.3, 0.4) is 0 Å². The number of amides is 1. The van der Waals surface area contributed by atoms with E-state index >= 15 is 0 Å². The third-order valence-electron chi connectivity index (χ3n) is 3.20. The van der Waals surface area contributed by atoms with Gasteiger partial charge in [0.15, 0.2) is 0 Å². The molecule has 9 nitrogen and oxygen atoms in total. The van der Waals surface area contributed by atoms with Gasteiger partial charge in [0.25, 0.3) is 5.69 Å². The van der Waals surface area contributed by atoms with E-state index in [4.69, 9.17) is 18.9 Å². The molecule has 0 spiro atoms. The van der Waals surface area contributed by atoms with Gasteiger partial charge in [-0.15, -0.1) is 11.8 Å². The quantitative estimate of drug-likeness (QED) is 0.207. The minimum absolute atomic E-state index is 0.0889. The topological polar surface area (TPSA) is 109 Å². The third kappa shape index (κ3) is 13.9. The van der Waals surface area contributed by atoms with E-state index in [9.17, 15) is 14.9 Å². The van der Waals surface area contributed by atoms with Crippen molar-refractivity contribution in [1.82, 2.24) is 5.32 Å². The summed E-state index contributed by atoms with van der Waals surface area (Å²) in [6.45, 7) is 8.61. The zero-order valence-corrected chi connectivity index (χ0v) is 18.0. The van der Waals surface area contributed by atoms with Crippen molar-refractivity contribution in [2.24, 2.45) is 0 Å². The number of hydrogen-bond donors (Lipinski definition) is 1. The molecule has 1 amide bonds. The van der Waals surface area contributed by atoms with Crippen LogP contribution in [-0.4, -0.2) is 68.6 Å². The Kier molecular flexibility index (Phi) is 12.3. The van der Waals surface area contributed by atoms with Crippen LogP contribution < -0.4 is 5.32 Å². The standard InChI is InChI=1S/C19H30N2O7S/c1-19(2,3)28-18(22)20-8-9-25-10-11-26-12-13-27-14-15-29-17-6-4-16(5-7-17)21(23)24/h4-7H,8-15H2,1-3H3,(H,20,22). The van der Waals surface area contributed by atoms with Crippen LogP contribution in [0.4, 0.5) is 10.5 Å². The number of nitrogens with one attached hydrogen (secondary N) is 1. The maximum absolute atomic E-state index is 11.4. The van der Waals surface area contributed by atoms with Gasteiger partial charge in [-0.3, -0.25) is 10.1 Å². The van der Waals surface area contributed by atoms with Crippen LogP contribution in [0.15, 0.2) is 29.2 Å². The van der Waals surface area contributed by atoms with Crippen molar-refractivity contribution in [2.45, 2.75) is 31.3 Å². The molecule has 0 aliphatic carbocycles. The van der Waals surface area contributed by atoms with Crippen molar-refractivity contribution >= 4 is 23.5 Å². The first-order valence-electron chi connectivity index (χ1n) is 9.35. The van der Waals surface area contributed by atoms with E-state index in [0.717, 1.165) is 10.6 Å². The molecule has 0 fully saturated rings. The van der Waals surface area contributed by atoms with E-state index in [2.05, 4.69) is 5.32 Å². The Bertz CT molecular complexity index is 606. The second-order valence-corrected chi connectivity index (χ2v) is 8.03. The molecule has 1 aromatic rings. The molecule has 0 heterocycles. The summed E-state index contributed by atoms with van der Waals surface area (Å²) in [5.41, 5.74) is -0.421. The molecule has 0 atom stereocenters. The molecular weight excluding hydrogens is 400 g/mol. The molecule has 0 saturated heterocycles. The minimum Gasteiger partial charge on any atom is -0.444 e. The smallest absolute Gasteiger partial charge is 0.407 e. The first-order valence-corrected chi connectivity index (χ1v) is 10.3. The van der Waals surface area contributed by atoms with E-state index in [1.807, 2.05) is 20.8 Å². The Morgan fingerprint density at radius 2 is 1.55 bits per heavy atom. The maximum atomic E-state index is 11.4. The van der Waals surface area contributed by atoms with Crippen molar-refractivity contribution in [1.29, 1.82) is 0 Å². The summed E-state index contributed by atoms with van der Waals surface area (Å²) in [7, 11) is 0. The van der Waals surface area contributed by atoms with Gasteiger partial charge < -0.3 is 24.3 Å². The summed E-state index contributed by atoms with van der Waals surface area (Å²) >= 11 is 1.58. The van der Waals surface area contributed by atoms with E-state index in [0.29, 0.717) is 46.2 Å². The SMILES string of the molecule is CC(C)(C)OC(=O)NCCOCCOCCOCCSc1ccc([N+](=O)[O-])cc1. The lowest BCUT2D eigenvalue weighted by Gasteiger charge is -2.19. The molecule has 0 bridgehead atoms. The Labute approximate surface area is 175 Å². The fourth-order valence-corrected chi connectivity index (χ4v) is 2.73. The van der Waals surface area contributed by atoms with Crippen LogP contribution in [0, 0.1) is 10.1 Å². The second-order valence-electron chi connectivity index (χ2n) is 6.87. The number of rotatable bonds is 14. The molecule has 0 saturated carbocycles. The molecule has 0 aliphatic rings. The highest BCUT2D eigenvalue weighted by atomic mass is 32.2. The Morgan fingerprint density at radius 1 is 1.00 bits per heavy atom. The number of hydrogen-bond acceptors (Lipinski definition) is 8. The van der Waals surface area contributed by atoms with Crippen molar-refractivity contribution in [3.05, 3.63) is 34.4 Å². The number of nitro benzene ring substituents is 1. The molecular formula is C19H30N2O7S. The predicted molar refractivity (Wildman–Crippen MR) is 111 cm³/mol. The van der Waals surface area contributed by atoms with Crippen molar-refractivity contribution in [2.75, 3.05) is 51.9 Å². The number of nitrogens with zero attached hydrogens (tertiary/aromatic N) is 1. The number of alkyl carbamates (subject to hydrolysis) is 1. The van der Waals surface area contributed by atoms with Crippen LogP contribution in [0.5, 0.6) is 0 Å². The van der Waals surface area contributed by atoms with Crippen molar-refractivity contribution in [3.63, 3.8) is 0 Å². The minimum atomic E-state index is -0.510. The number of nitro groups is 1. The highest BCUT2D eigenvalue weighted by Crippen LogP contribution is 2.20. The van der Waals surface area contributed by atoms with Crippen LogP contribution in [0.1, 0.15) is 20.8 Å². The molecule has 1 N–H and O–H groups in total. The molecule has 1 aromatic carbocycles. The average Bonchev–Trinajstić information content (AvgIpc) is 2.64. The highest BCUT2D eigenvalue weighted by Gasteiger charge is 2.15. The average molecular weight is 431 g/mol. The lowest BCUT2D eigenvalue weighted by atomic mass is 10.2. The maximum Gasteiger partial charge on any atom is 0.407 e. The zero-order valence-electron chi connectivity index (χ0n) is 17.2. The van der Waals surface area contributed by atoms with E-state index < -0.39 is 16.6 Å². The van der Waals surface area contributed by atoms with Gasteiger partial charge in [0.2, 0.25) is 0 Å². The first kappa shape index (κ1) is 25.2. The largest absolute Gasteiger partial charge is 0.444 e. The number of thioether (sulfide) groups is 1. The van der Waals surface area contributed by atoms with E-state index in [-0.39, 0.29) is 5.69 Å². The normalized spacial score (nSPS) is 11.3. The van der Waals surface area contributed by atoms with E-state index in [1.54, 1.807) is 23.9 Å². The van der Waals surface area contributed by atoms with Gasteiger partial charge in [-0.05, 0) is 32.9 Å². The lowest BCUT2D eigenvalue weighted by molar-refractivity contribution is -0.384. The Morgan fingerprint density at radius 3 is 2.10 bits per heavy atom. The lowest BCUT2D eigenvalue weighted by Crippen LogP contribution is -2.34. The fraction of sp³-hybridized carbons (Fsp3) is 0.632. The molecule has 0 aromatic heterocycles. The molecule has 164 valence electrons. The number of benzene rings is 1. The molecule has 0 aliphatic heterocycles. The number of ether oxygens (including phenoxy) is 4. The predicted octanol–water partition coefficient (Wildman–Crippen LogP) is 3.26. The summed E-state index contributed by atoms with van der Waals surface area (Å²) in [5.74, 6) is 0.756. The summed E-state index contributed by atoms with van der Waals surface area (Å²) in [5, 5.41) is 13.2. The summed E-state index contributed by atoms with van der Waals surface area (Å²) in [4.78, 5) is 22.5. The summed E-state index contributed by atoms with van der Waals surface area (Å²) < 4.78 is 21.3. The third-order valence-corrected chi connectivity index (χ3v) is 4.18. The van der Waals surface area contributed by atoms with E-state index in [1.165, 1.54) is 12.1 Å². The zero-order chi connectivity index (χ0) is 21.5. The first-order chi connectivity index (χ1) is 13.8. The van der Waals surface area contributed by atoms with Crippen LogP contribution in [0.2, 0.25) is 0 Å². The number of carbonyl (C=O) groups excluding carboxylic acids is 1. The fourth-order valence-electron chi connectivity index (χ4n) is 1.96. The van der Waals surface area contributed by atoms with Crippen molar-refractivity contribution in [3.8, 4) is 0 Å². The van der Waals surface area contributed by atoms with Gasteiger partial charge in [0.05, 0.1) is 44.6 Å². The van der Waals surface area contributed by atoms with Crippen LogP contribution in [-0.2, 0) is 18.9 Å². The van der Waals surface area contributed by atoms with Crippen LogP contribution >= 0.6 is 11.8 Å². The van der Waals surface area contributed by atoms with Gasteiger partial charge in [-0.2, -0.15) is 0 Å². The monoisotopic (exact) mass is 430 g/mol. The summed E-state index contributed by atoms with van der Waals surface area (Å²) in [6.07, 6.45) is -0.457. The van der Waals surface area contributed by atoms with Gasteiger partial charge in [0, 0.05) is 29.3 Å². The van der Waals surface area contributed by atoms with Crippen LogP contribution in [0.25, 0.3) is 0 Å². The van der Waals surface area contributed by atoms with Gasteiger partial charge in [-0.25, -0.2) is 4.79 Å². The number of non-ortho nitro benzene ring substituents is 1. The summed E-state index contributed by atoms with van der Waals surface area (Å²) in [6, 6.07) is 6.45. The Balaban J connectivity index is 1.86.